The van der Waals surface area contributed by atoms with Crippen LogP contribution in [-0.4, -0.2) is 104 Å². The summed E-state index contributed by atoms with van der Waals surface area (Å²) in [7, 11) is 0. The largest absolute Gasteiger partial charge is 0.480 e. The second-order valence-electron chi connectivity index (χ2n) is 14.5. The first-order chi connectivity index (χ1) is 25.6. The minimum Gasteiger partial charge on any atom is -0.480 e. The number of carboxylic acids is 1. The Morgan fingerprint density at radius 1 is 0.889 bits per heavy atom. The third-order valence-electron chi connectivity index (χ3n) is 9.92. The molecule has 2 aliphatic rings. The molecule has 0 spiro atoms. The summed E-state index contributed by atoms with van der Waals surface area (Å²) < 4.78 is 0. The van der Waals surface area contributed by atoms with Crippen molar-refractivity contribution in [2.45, 2.75) is 96.9 Å². The summed E-state index contributed by atoms with van der Waals surface area (Å²) in [4.78, 5) is 116. The minimum atomic E-state index is -1.41. The van der Waals surface area contributed by atoms with E-state index in [9.17, 15) is 43.5 Å². The molecule has 2 fully saturated rings. The molecule has 2 heterocycles. The molecule has 1 saturated carbocycles. The molecule has 0 radical (unpaired) electrons. The van der Waals surface area contributed by atoms with Crippen LogP contribution in [-0.2, 0) is 40.0 Å². The maximum atomic E-state index is 14.3. The molecular formula is C38H49N7O9. The Balaban J connectivity index is 1.52. The molecule has 54 heavy (non-hydrogen) atoms. The van der Waals surface area contributed by atoms with Gasteiger partial charge in [-0.25, -0.2) is 9.78 Å². The van der Waals surface area contributed by atoms with Crippen LogP contribution >= 0.6 is 0 Å². The normalized spacial score (nSPS) is 20.0. The fraction of sp³-hybridized carbons (Fsp3) is 0.526. The number of benzene rings is 1. The van der Waals surface area contributed by atoms with Crippen LogP contribution < -0.4 is 21.3 Å². The summed E-state index contributed by atoms with van der Waals surface area (Å²) in [6.45, 7) is 8.52. The number of likely N-dealkylation sites (tertiary alicyclic amines) is 1. The summed E-state index contributed by atoms with van der Waals surface area (Å²) in [5, 5.41) is 20.1. The van der Waals surface area contributed by atoms with E-state index in [1.807, 2.05) is 0 Å². The second-order valence-corrected chi connectivity index (χ2v) is 14.5. The van der Waals surface area contributed by atoms with Crippen molar-refractivity contribution in [1.29, 1.82) is 0 Å². The van der Waals surface area contributed by atoms with Crippen molar-refractivity contribution in [3.63, 3.8) is 0 Å². The lowest BCUT2D eigenvalue weighted by molar-refractivity contribution is -0.146. The molecule has 5 amide bonds. The minimum absolute atomic E-state index is 0.000733. The molecule has 5 N–H and O–H groups in total. The third-order valence-corrected chi connectivity index (χ3v) is 9.92. The van der Waals surface area contributed by atoms with E-state index >= 15 is 0 Å². The Kier molecular flexibility index (Phi) is 14.1. The summed E-state index contributed by atoms with van der Waals surface area (Å²) in [6.07, 6.45) is 4.88. The topological polar surface area (TPSA) is 234 Å². The van der Waals surface area contributed by atoms with Crippen molar-refractivity contribution < 1.29 is 43.5 Å². The highest BCUT2D eigenvalue weighted by Gasteiger charge is 2.54. The lowest BCUT2D eigenvalue weighted by atomic mass is 9.92. The van der Waals surface area contributed by atoms with Crippen LogP contribution in [0, 0.1) is 23.7 Å². The van der Waals surface area contributed by atoms with Crippen LogP contribution in [0.4, 0.5) is 0 Å². The number of carbonyl (C=O) groups excluding carboxylic acids is 7. The number of Topliss-reactive ketones (excluding diaryl/α,β-unsaturated/α-hetero) is 2. The zero-order valence-corrected chi connectivity index (χ0v) is 31.1. The highest BCUT2D eigenvalue weighted by molar-refractivity contribution is 6.38. The van der Waals surface area contributed by atoms with E-state index in [4.69, 9.17) is 0 Å². The van der Waals surface area contributed by atoms with Gasteiger partial charge in [0.1, 0.15) is 35.6 Å². The molecule has 1 saturated heterocycles. The van der Waals surface area contributed by atoms with Crippen LogP contribution in [0.15, 0.2) is 48.9 Å². The lowest BCUT2D eigenvalue weighted by Crippen LogP contribution is -2.60. The van der Waals surface area contributed by atoms with Crippen LogP contribution in [0.3, 0.4) is 0 Å². The average Bonchev–Trinajstić information content (AvgIpc) is 3.71. The van der Waals surface area contributed by atoms with Gasteiger partial charge in [-0.15, -0.1) is 0 Å². The predicted octanol–water partition coefficient (Wildman–Crippen LogP) is 0.844. The van der Waals surface area contributed by atoms with E-state index < -0.39 is 95.2 Å². The number of fused-ring (bicyclic) bond motifs is 1. The zero-order valence-electron chi connectivity index (χ0n) is 31.1. The van der Waals surface area contributed by atoms with Crippen molar-refractivity contribution in [3.05, 3.63) is 60.2 Å². The average molecular weight is 748 g/mol. The molecule has 1 aromatic carbocycles. The molecular weight excluding hydrogens is 698 g/mol. The number of ketones is 2. The first kappa shape index (κ1) is 41.2. The molecule has 290 valence electrons. The Morgan fingerprint density at radius 3 is 2.17 bits per heavy atom. The fourth-order valence-electron chi connectivity index (χ4n) is 7.02. The van der Waals surface area contributed by atoms with E-state index in [1.54, 1.807) is 65.0 Å². The SMILES string of the molecule is CCC[C@H](NC(=O)[C@@H]1[C@H]2CCC(=O)[C@H]2CN1C(=O)[C@@H](NC(=O)[C@@H](NC(=O)c1cnccn1)C(C)C)C(C)C)C(=O)C(=O)N[C@@H](Cc1ccccc1)C(=O)O. The van der Waals surface area contributed by atoms with Crippen LogP contribution in [0.1, 0.15) is 76.4 Å². The van der Waals surface area contributed by atoms with E-state index in [-0.39, 0.29) is 37.3 Å². The van der Waals surface area contributed by atoms with Gasteiger partial charge in [-0.2, -0.15) is 0 Å². The maximum Gasteiger partial charge on any atom is 0.326 e. The van der Waals surface area contributed by atoms with Gasteiger partial charge in [0, 0.05) is 43.6 Å². The Morgan fingerprint density at radius 2 is 1.57 bits per heavy atom. The first-order valence-electron chi connectivity index (χ1n) is 18.3. The summed E-state index contributed by atoms with van der Waals surface area (Å²) in [6, 6.07) is 2.42. The highest BCUT2D eigenvalue weighted by Crippen LogP contribution is 2.41. The number of hydrogen-bond donors (Lipinski definition) is 5. The standard InChI is InChI=1S/C38H49N7O9/c1-6-10-25(32(47)36(51)42-26(38(53)54)17-22-11-8-7-9-12-22)41-35(50)31-23-13-14-28(46)24(23)19-45(31)37(52)30(21(4)5)44-34(49)29(20(2)3)43-33(48)27-18-39-15-16-40-27/h7-9,11-12,15-16,18,20-21,23-26,29-31H,6,10,13-14,17,19H2,1-5H3,(H,41,50)(H,42,51)(H,43,48)(H,44,49)(H,53,54)/t23-,24-,25-,26-,29-,30-,31-/m0/s1. The summed E-state index contributed by atoms with van der Waals surface area (Å²) >= 11 is 0. The molecule has 4 rings (SSSR count). The lowest BCUT2D eigenvalue weighted by Gasteiger charge is -2.33. The van der Waals surface area contributed by atoms with E-state index in [0.717, 1.165) is 0 Å². The molecule has 16 nitrogen and oxygen atoms in total. The number of rotatable bonds is 17. The van der Waals surface area contributed by atoms with Crippen LogP contribution in [0.25, 0.3) is 0 Å². The van der Waals surface area contributed by atoms with E-state index in [0.29, 0.717) is 18.4 Å². The number of aromatic nitrogens is 2. The van der Waals surface area contributed by atoms with Gasteiger partial charge in [-0.3, -0.25) is 38.5 Å². The van der Waals surface area contributed by atoms with Crippen LogP contribution in [0.2, 0.25) is 0 Å². The smallest absolute Gasteiger partial charge is 0.326 e. The predicted molar refractivity (Wildman–Crippen MR) is 193 cm³/mol. The van der Waals surface area contributed by atoms with Crippen molar-refractivity contribution >= 4 is 47.1 Å². The Hall–Kier alpha value is -5.54. The van der Waals surface area contributed by atoms with E-state index in [2.05, 4.69) is 31.2 Å². The van der Waals surface area contributed by atoms with Gasteiger partial charge in [0.2, 0.25) is 23.5 Å². The molecule has 1 aliphatic heterocycles. The van der Waals surface area contributed by atoms with Gasteiger partial charge < -0.3 is 31.3 Å². The molecule has 0 bridgehead atoms. The first-order valence-corrected chi connectivity index (χ1v) is 18.3. The van der Waals surface area contributed by atoms with Crippen molar-refractivity contribution in [1.82, 2.24) is 36.1 Å². The van der Waals surface area contributed by atoms with Gasteiger partial charge in [0.15, 0.2) is 0 Å². The quantitative estimate of drug-likeness (QED) is 0.142. The number of nitrogens with zero attached hydrogens (tertiary/aromatic N) is 3. The summed E-state index contributed by atoms with van der Waals surface area (Å²) in [5.74, 6) is -8.40. The molecule has 7 atom stereocenters. The van der Waals surface area contributed by atoms with Gasteiger partial charge in [-0.05, 0) is 30.2 Å². The summed E-state index contributed by atoms with van der Waals surface area (Å²) in [5.41, 5.74) is 0.630. The van der Waals surface area contributed by atoms with Crippen LogP contribution in [0.5, 0.6) is 0 Å². The number of aliphatic carboxylic acids is 1. The fourth-order valence-corrected chi connectivity index (χ4v) is 7.02. The van der Waals surface area contributed by atoms with Gasteiger partial charge in [0.25, 0.3) is 11.8 Å². The number of amides is 5. The van der Waals surface area contributed by atoms with Crippen molar-refractivity contribution in [2.24, 2.45) is 23.7 Å². The zero-order chi connectivity index (χ0) is 39.7. The van der Waals surface area contributed by atoms with Gasteiger partial charge in [0.05, 0.1) is 12.2 Å². The monoisotopic (exact) mass is 747 g/mol. The Labute approximate surface area is 313 Å². The number of nitrogens with one attached hydrogen (secondary N) is 4. The maximum absolute atomic E-state index is 14.3. The van der Waals surface area contributed by atoms with Crippen molar-refractivity contribution in [2.75, 3.05) is 6.54 Å². The van der Waals surface area contributed by atoms with Gasteiger partial charge in [-0.1, -0.05) is 71.4 Å². The highest BCUT2D eigenvalue weighted by atomic mass is 16.4. The number of carbonyl (C=O) groups is 8. The molecule has 2 aromatic rings. The molecule has 1 aliphatic carbocycles. The third kappa shape index (κ3) is 9.90. The van der Waals surface area contributed by atoms with Gasteiger partial charge >= 0.3 is 5.97 Å². The number of hydrogen-bond acceptors (Lipinski definition) is 10. The molecule has 1 aromatic heterocycles. The second kappa shape index (κ2) is 18.5. The number of carboxylic acid groups (broad SMARTS) is 1. The Bertz CT molecular complexity index is 1720. The van der Waals surface area contributed by atoms with Crippen molar-refractivity contribution in [3.8, 4) is 0 Å². The van der Waals surface area contributed by atoms with E-state index in [1.165, 1.54) is 23.5 Å². The molecule has 0 unspecified atom stereocenters. The molecule has 16 heteroatoms.